The fourth-order valence-corrected chi connectivity index (χ4v) is 2.10. The van der Waals surface area contributed by atoms with E-state index in [2.05, 4.69) is 43.6 Å². The molecule has 0 radical (unpaired) electrons. The molecule has 0 spiro atoms. The van der Waals surface area contributed by atoms with Crippen molar-refractivity contribution < 1.29 is 9.47 Å². The van der Waals surface area contributed by atoms with Crippen molar-refractivity contribution in [2.45, 2.75) is 97.2 Å². The van der Waals surface area contributed by atoms with Gasteiger partial charge in [-0.15, -0.1) is 23.7 Å². The normalized spacial score (nSPS) is 9.84. The molecule has 0 rings (SSSR count). The molecule has 0 aromatic heterocycles. The van der Waals surface area contributed by atoms with Gasteiger partial charge in [0.2, 0.25) is 0 Å². The topological polar surface area (TPSA) is 42.2 Å². The van der Waals surface area contributed by atoms with E-state index in [1.807, 2.05) is 0 Å². The Kier molecular flexibility index (Phi) is 19.4. The van der Waals surface area contributed by atoms with E-state index in [1.165, 1.54) is 12.8 Å². The van der Waals surface area contributed by atoms with Crippen LogP contribution in [0.4, 0.5) is 0 Å². The van der Waals surface area contributed by atoms with Crippen LogP contribution in [0.1, 0.15) is 90.9 Å². The number of hydrogen-bond donors (Lipinski definition) is 0. The molecule has 0 aliphatic rings. The molecule has 0 aromatic carbocycles. The summed E-state index contributed by atoms with van der Waals surface area (Å²) in [7, 11) is 0. The summed E-state index contributed by atoms with van der Waals surface area (Å²) in [6, 6.07) is 2.18. The molecule has 140 valence electrons. The highest BCUT2D eigenvalue weighted by atomic mass is 16.7. The second kappa shape index (κ2) is 20.6. The quantitative estimate of drug-likeness (QED) is 0.234. The first-order valence-electron chi connectivity index (χ1n) is 9.86. The van der Waals surface area contributed by atoms with Gasteiger partial charge in [-0.1, -0.05) is 26.7 Å². The van der Waals surface area contributed by atoms with Gasteiger partial charge >= 0.3 is 0 Å². The van der Waals surface area contributed by atoms with Crippen LogP contribution >= 0.6 is 0 Å². The van der Waals surface area contributed by atoms with Gasteiger partial charge in [0.25, 0.3) is 0 Å². The van der Waals surface area contributed by atoms with Crippen molar-refractivity contribution in [2.24, 2.45) is 0 Å². The van der Waals surface area contributed by atoms with E-state index < -0.39 is 0 Å². The van der Waals surface area contributed by atoms with E-state index in [0.717, 1.165) is 57.8 Å². The fourth-order valence-electron chi connectivity index (χ4n) is 2.10. The van der Waals surface area contributed by atoms with Crippen LogP contribution in [0.25, 0.3) is 0 Å². The molecule has 0 aliphatic heterocycles. The average molecular weight is 346 g/mol. The summed E-state index contributed by atoms with van der Waals surface area (Å²) >= 11 is 0. The molecule has 0 saturated heterocycles. The Bertz CT molecular complexity index is 413. The molecule has 0 atom stereocenters. The van der Waals surface area contributed by atoms with E-state index in [9.17, 15) is 0 Å². The van der Waals surface area contributed by atoms with Gasteiger partial charge in [-0.25, -0.2) is 0 Å². The zero-order chi connectivity index (χ0) is 18.4. The summed E-state index contributed by atoms with van der Waals surface area (Å²) in [4.78, 5) is 0. The third-order valence-electron chi connectivity index (χ3n) is 3.60. The number of unbranched alkanes of at least 4 members (excludes halogenated alkanes) is 6. The summed E-state index contributed by atoms with van der Waals surface area (Å²) in [6.45, 7) is 5.55. The zero-order valence-electron chi connectivity index (χ0n) is 16.2. The third kappa shape index (κ3) is 18.7. The van der Waals surface area contributed by atoms with E-state index in [1.54, 1.807) is 0 Å². The molecular weight excluding hydrogens is 310 g/mol. The highest BCUT2D eigenvalue weighted by molar-refractivity contribution is 4.99. The van der Waals surface area contributed by atoms with Gasteiger partial charge in [0, 0.05) is 32.1 Å². The monoisotopic (exact) mass is 345 g/mol. The van der Waals surface area contributed by atoms with Crippen LogP contribution in [-0.2, 0) is 9.47 Å². The Morgan fingerprint density at radius 2 is 1.20 bits per heavy atom. The Hall–Kier alpha value is -1.47. The Morgan fingerprint density at radius 1 is 0.680 bits per heavy atom. The Balaban J connectivity index is 3.97. The predicted octanol–water partition coefficient (Wildman–Crippen LogP) is 5.60. The minimum Gasteiger partial charge on any atom is -0.352 e. The van der Waals surface area contributed by atoms with Crippen molar-refractivity contribution >= 4 is 0 Å². The maximum absolute atomic E-state index is 8.61. The highest BCUT2D eigenvalue weighted by Crippen LogP contribution is 2.09. The lowest BCUT2D eigenvalue weighted by Crippen LogP contribution is -2.18. The van der Waals surface area contributed by atoms with Crippen LogP contribution in [0.2, 0.25) is 0 Å². The van der Waals surface area contributed by atoms with Crippen LogP contribution < -0.4 is 0 Å². The first kappa shape index (κ1) is 23.5. The Morgan fingerprint density at radius 3 is 1.68 bits per heavy atom. The molecular formula is C22H35NO2. The molecule has 0 aliphatic carbocycles. The van der Waals surface area contributed by atoms with Gasteiger partial charge in [-0.3, -0.25) is 0 Å². The largest absolute Gasteiger partial charge is 0.352 e. The van der Waals surface area contributed by atoms with E-state index in [0.29, 0.717) is 19.6 Å². The van der Waals surface area contributed by atoms with Gasteiger partial charge in [-0.2, -0.15) is 5.26 Å². The number of nitriles is 1. The summed E-state index contributed by atoms with van der Waals surface area (Å²) < 4.78 is 11.6. The summed E-state index contributed by atoms with van der Waals surface area (Å²) in [5.41, 5.74) is 0. The van der Waals surface area contributed by atoms with Crippen molar-refractivity contribution in [2.75, 3.05) is 13.2 Å². The molecule has 3 nitrogen and oxygen atoms in total. The number of rotatable bonds is 14. The minimum atomic E-state index is -0.200. The molecule has 0 fully saturated rings. The van der Waals surface area contributed by atoms with E-state index in [-0.39, 0.29) is 6.29 Å². The second-order valence-electron chi connectivity index (χ2n) is 5.99. The first-order valence-corrected chi connectivity index (χ1v) is 9.86. The average Bonchev–Trinajstić information content (AvgIpc) is 2.63. The lowest BCUT2D eigenvalue weighted by atomic mass is 10.2. The maximum Gasteiger partial charge on any atom is 0.157 e. The predicted molar refractivity (Wildman–Crippen MR) is 104 cm³/mol. The SMILES string of the molecule is CCCCC#CCCOC(CCCCC#N)OCCC#CCCCC. The lowest BCUT2D eigenvalue weighted by Gasteiger charge is -2.17. The standard InChI is InChI=1S/C22H35NO2/c1-3-5-7-9-11-16-20-24-22(18-14-13-15-19-23)25-21-17-12-10-8-6-4-2/h22H,3-8,13-18,20-21H2,1-2H3. The third-order valence-corrected chi connectivity index (χ3v) is 3.60. The van der Waals surface area contributed by atoms with Gasteiger partial charge in [0.05, 0.1) is 19.3 Å². The van der Waals surface area contributed by atoms with Crippen LogP contribution in [0.3, 0.4) is 0 Å². The molecule has 0 aromatic rings. The van der Waals surface area contributed by atoms with E-state index in [4.69, 9.17) is 14.7 Å². The molecule has 25 heavy (non-hydrogen) atoms. The van der Waals surface area contributed by atoms with Crippen molar-refractivity contribution in [3.63, 3.8) is 0 Å². The summed E-state index contributed by atoms with van der Waals surface area (Å²) in [6.07, 6.45) is 11.2. The fraction of sp³-hybridized carbons (Fsp3) is 0.773. The number of nitrogens with zero attached hydrogens (tertiary/aromatic N) is 1. The molecule has 0 N–H and O–H groups in total. The molecule has 0 unspecified atom stereocenters. The summed E-state index contributed by atoms with van der Waals surface area (Å²) in [5, 5.41) is 8.61. The van der Waals surface area contributed by atoms with Crippen molar-refractivity contribution in [3.8, 4) is 29.8 Å². The smallest absolute Gasteiger partial charge is 0.157 e. The maximum atomic E-state index is 8.61. The van der Waals surface area contributed by atoms with Crippen molar-refractivity contribution in [1.82, 2.24) is 0 Å². The van der Waals surface area contributed by atoms with Crippen LogP contribution in [0, 0.1) is 35.0 Å². The highest BCUT2D eigenvalue weighted by Gasteiger charge is 2.08. The minimum absolute atomic E-state index is 0.200. The second-order valence-corrected chi connectivity index (χ2v) is 5.99. The first-order chi connectivity index (χ1) is 12.3. The molecule has 0 amide bonds. The summed E-state index contributed by atoms with van der Waals surface area (Å²) in [5.74, 6) is 12.6. The molecule has 0 bridgehead atoms. The zero-order valence-corrected chi connectivity index (χ0v) is 16.2. The number of ether oxygens (including phenoxy) is 2. The van der Waals surface area contributed by atoms with Crippen molar-refractivity contribution in [3.05, 3.63) is 0 Å². The van der Waals surface area contributed by atoms with Crippen LogP contribution in [0.15, 0.2) is 0 Å². The van der Waals surface area contributed by atoms with Gasteiger partial charge in [0.1, 0.15) is 0 Å². The number of hydrogen-bond acceptors (Lipinski definition) is 3. The van der Waals surface area contributed by atoms with Crippen molar-refractivity contribution in [1.29, 1.82) is 5.26 Å². The molecule has 3 heteroatoms. The Labute approximate surface area is 155 Å². The lowest BCUT2D eigenvalue weighted by molar-refractivity contribution is -0.144. The van der Waals surface area contributed by atoms with Crippen LogP contribution in [-0.4, -0.2) is 19.5 Å². The van der Waals surface area contributed by atoms with Gasteiger partial charge in [-0.05, 0) is 32.1 Å². The van der Waals surface area contributed by atoms with Crippen LogP contribution in [0.5, 0.6) is 0 Å². The van der Waals surface area contributed by atoms with Gasteiger partial charge in [0.15, 0.2) is 6.29 Å². The molecule has 0 saturated carbocycles. The van der Waals surface area contributed by atoms with Gasteiger partial charge < -0.3 is 9.47 Å². The molecule has 0 heterocycles. The van der Waals surface area contributed by atoms with E-state index >= 15 is 0 Å².